The minimum atomic E-state index is -0.133. The van der Waals surface area contributed by atoms with E-state index in [9.17, 15) is 4.79 Å². The van der Waals surface area contributed by atoms with Crippen LogP contribution in [0.4, 0.5) is 0 Å². The molecular formula is C11H15NO2. The fourth-order valence-electron chi connectivity index (χ4n) is 1.24. The lowest BCUT2D eigenvalue weighted by Crippen LogP contribution is -2.15. The molecule has 14 heavy (non-hydrogen) atoms. The minimum Gasteiger partial charge on any atom is -0.495 e. The van der Waals surface area contributed by atoms with Gasteiger partial charge in [-0.15, -0.1) is 0 Å². The number of carbonyl (C=O) groups is 1. The lowest BCUT2D eigenvalue weighted by Gasteiger charge is -2.14. The Morgan fingerprint density at radius 1 is 1.50 bits per heavy atom. The number of hydrogen-bond donors (Lipinski definition) is 0. The fraction of sp³-hybridized carbons (Fsp3) is 0.455. The van der Waals surface area contributed by atoms with E-state index in [2.05, 4.69) is 4.99 Å². The van der Waals surface area contributed by atoms with Gasteiger partial charge in [-0.1, -0.05) is 19.9 Å². The molecule has 1 rings (SSSR count). The minimum absolute atomic E-state index is 0.0829. The number of ketones is 1. The van der Waals surface area contributed by atoms with Crippen LogP contribution in [0.3, 0.4) is 0 Å². The molecule has 0 saturated carbocycles. The Morgan fingerprint density at radius 2 is 2.14 bits per heavy atom. The highest BCUT2D eigenvalue weighted by Crippen LogP contribution is 2.24. The molecule has 0 spiro atoms. The van der Waals surface area contributed by atoms with E-state index in [-0.39, 0.29) is 11.2 Å². The molecule has 0 bridgehead atoms. The topological polar surface area (TPSA) is 38.7 Å². The van der Waals surface area contributed by atoms with Crippen molar-refractivity contribution < 1.29 is 9.53 Å². The second kappa shape index (κ2) is 3.78. The van der Waals surface area contributed by atoms with Crippen molar-refractivity contribution in [3.8, 4) is 0 Å². The van der Waals surface area contributed by atoms with Gasteiger partial charge in [0.2, 0.25) is 0 Å². The summed E-state index contributed by atoms with van der Waals surface area (Å²) in [6, 6.07) is 0. The summed E-state index contributed by atoms with van der Waals surface area (Å²) < 4.78 is 5.15. The molecule has 0 aromatic carbocycles. The fourth-order valence-corrected chi connectivity index (χ4v) is 1.24. The molecule has 0 saturated heterocycles. The molecule has 76 valence electrons. The molecule has 1 heterocycles. The second-order valence-corrected chi connectivity index (χ2v) is 3.88. The molecule has 0 amide bonds. The number of aliphatic imine (C=N–C) groups is 1. The predicted octanol–water partition coefficient (Wildman–Crippen LogP) is 2.10. The molecule has 1 aliphatic rings. The van der Waals surface area contributed by atoms with Crippen LogP contribution in [-0.4, -0.2) is 18.6 Å². The Hall–Kier alpha value is -1.38. The van der Waals surface area contributed by atoms with Crippen LogP contribution in [0.5, 0.6) is 0 Å². The van der Waals surface area contributed by atoms with Crippen molar-refractivity contribution in [2.45, 2.75) is 20.8 Å². The number of rotatable bonds is 2. The first kappa shape index (κ1) is 10.7. The van der Waals surface area contributed by atoms with Crippen molar-refractivity contribution in [2.24, 2.45) is 10.4 Å². The number of methoxy groups -OCH3 is 1. The van der Waals surface area contributed by atoms with Gasteiger partial charge in [0, 0.05) is 18.5 Å². The van der Waals surface area contributed by atoms with Crippen LogP contribution < -0.4 is 0 Å². The van der Waals surface area contributed by atoms with Gasteiger partial charge in [-0.3, -0.25) is 4.79 Å². The van der Waals surface area contributed by atoms with Gasteiger partial charge in [-0.05, 0) is 6.08 Å². The summed E-state index contributed by atoms with van der Waals surface area (Å²) in [5.41, 5.74) is 0.251. The average Bonchev–Trinajstić information content (AvgIpc) is 2.22. The Morgan fingerprint density at radius 3 is 2.64 bits per heavy atom. The SMILES string of the molecule is COC1=CC(C)(C)C=CN=C1C(C)=O. The molecule has 3 heteroatoms. The van der Waals surface area contributed by atoms with Crippen LogP contribution in [0.2, 0.25) is 0 Å². The van der Waals surface area contributed by atoms with Gasteiger partial charge in [0.1, 0.15) is 11.5 Å². The van der Waals surface area contributed by atoms with Gasteiger partial charge < -0.3 is 4.74 Å². The van der Waals surface area contributed by atoms with Crippen LogP contribution in [0.15, 0.2) is 29.1 Å². The van der Waals surface area contributed by atoms with E-state index in [1.807, 2.05) is 26.0 Å². The Balaban J connectivity index is 3.16. The van der Waals surface area contributed by atoms with E-state index in [0.717, 1.165) is 0 Å². The third kappa shape index (κ3) is 2.31. The highest BCUT2D eigenvalue weighted by molar-refractivity contribution is 6.45. The van der Waals surface area contributed by atoms with E-state index < -0.39 is 0 Å². The number of hydrogen-bond acceptors (Lipinski definition) is 3. The third-order valence-corrected chi connectivity index (χ3v) is 2.00. The first-order valence-corrected chi connectivity index (χ1v) is 4.50. The van der Waals surface area contributed by atoms with Gasteiger partial charge in [-0.25, -0.2) is 4.99 Å². The van der Waals surface area contributed by atoms with Crippen molar-refractivity contribution in [3.05, 3.63) is 24.1 Å². The summed E-state index contributed by atoms with van der Waals surface area (Å²) in [6.45, 7) is 5.54. The van der Waals surface area contributed by atoms with Gasteiger partial charge in [0.05, 0.1) is 7.11 Å². The van der Waals surface area contributed by atoms with Gasteiger partial charge >= 0.3 is 0 Å². The Kier molecular flexibility index (Phi) is 2.89. The molecular weight excluding hydrogens is 178 g/mol. The lowest BCUT2D eigenvalue weighted by atomic mass is 9.92. The maximum Gasteiger partial charge on any atom is 0.181 e. The van der Waals surface area contributed by atoms with E-state index >= 15 is 0 Å². The maximum absolute atomic E-state index is 11.2. The van der Waals surface area contributed by atoms with Crippen LogP contribution >= 0.6 is 0 Å². The Bertz CT molecular complexity index is 335. The Labute approximate surface area is 84.2 Å². The summed E-state index contributed by atoms with van der Waals surface area (Å²) in [4.78, 5) is 15.3. The zero-order valence-electron chi connectivity index (χ0n) is 9.00. The molecule has 1 aliphatic heterocycles. The average molecular weight is 193 g/mol. The zero-order chi connectivity index (χ0) is 10.8. The third-order valence-electron chi connectivity index (χ3n) is 2.00. The van der Waals surface area contributed by atoms with Gasteiger partial charge in [-0.2, -0.15) is 0 Å². The van der Waals surface area contributed by atoms with E-state index in [0.29, 0.717) is 11.5 Å². The highest BCUT2D eigenvalue weighted by Gasteiger charge is 2.20. The van der Waals surface area contributed by atoms with E-state index in [4.69, 9.17) is 4.74 Å². The van der Waals surface area contributed by atoms with Gasteiger partial charge in [0.15, 0.2) is 5.78 Å². The van der Waals surface area contributed by atoms with Crippen molar-refractivity contribution in [1.29, 1.82) is 0 Å². The number of carbonyl (C=O) groups excluding carboxylic acids is 1. The standard InChI is InChI=1S/C11H15NO2/c1-8(13)10-9(14-4)7-11(2,3)5-6-12-10/h5-7H,1-4H3. The monoisotopic (exact) mass is 193 g/mol. The second-order valence-electron chi connectivity index (χ2n) is 3.88. The molecule has 0 radical (unpaired) electrons. The van der Waals surface area contributed by atoms with Crippen LogP contribution in [-0.2, 0) is 9.53 Å². The summed E-state index contributed by atoms with van der Waals surface area (Å²) in [6.07, 6.45) is 5.48. The lowest BCUT2D eigenvalue weighted by molar-refractivity contribution is -0.111. The molecule has 3 nitrogen and oxygen atoms in total. The first-order valence-electron chi connectivity index (χ1n) is 4.50. The summed E-state index contributed by atoms with van der Waals surface area (Å²) in [5, 5.41) is 0. The van der Waals surface area contributed by atoms with Crippen LogP contribution in [0.1, 0.15) is 20.8 Å². The van der Waals surface area contributed by atoms with E-state index in [1.165, 1.54) is 6.92 Å². The zero-order valence-corrected chi connectivity index (χ0v) is 9.00. The maximum atomic E-state index is 11.2. The normalized spacial score (nSPS) is 19.4. The molecule has 0 fully saturated rings. The molecule has 0 aliphatic carbocycles. The molecule has 0 aromatic rings. The molecule has 0 aromatic heterocycles. The summed E-state index contributed by atoms with van der Waals surface area (Å²) >= 11 is 0. The van der Waals surface area contributed by atoms with Crippen LogP contribution in [0.25, 0.3) is 0 Å². The van der Waals surface area contributed by atoms with Crippen molar-refractivity contribution in [3.63, 3.8) is 0 Å². The van der Waals surface area contributed by atoms with Crippen LogP contribution in [0, 0.1) is 5.41 Å². The number of Topliss-reactive ketones (excluding diaryl/α,β-unsaturated/α-hetero) is 1. The van der Waals surface area contributed by atoms with Crippen molar-refractivity contribution in [2.75, 3.05) is 7.11 Å². The van der Waals surface area contributed by atoms with Crippen molar-refractivity contribution >= 4 is 11.5 Å². The number of nitrogens with zero attached hydrogens (tertiary/aromatic N) is 1. The predicted molar refractivity (Wildman–Crippen MR) is 56.1 cm³/mol. The summed E-state index contributed by atoms with van der Waals surface area (Å²) in [5.74, 6) is 0.466. The molecule has 0 atom stereocenters. The smallest absolute Gasteiger partial charge is 0.181 e. The van der Waals surface area contributed by atoms with Crippen molar-refractivity contribution in [1.82, 2.24) is 0 Å². The molecule has 0 unspecified atom stereocenters. The molecule has 0 N–H and O–H groups in total. The quantitative estimate of drug-likeness (QED) is 0.673. The largest absolute Gasteiger partial charge is 0.495 e. The van der Waals surface area contributed by atoms with Gasteiger partial charge in [0.25, 0.3) is 0 Å². The summed E-state index contributed by atoms with van der Waals surface area (Å²) in [7, 11) is 1.55. The first-order chi connectivity index (χ1) is 6.46. The highest BCUT2D eigenvalue weighted by atomic mass is 16.5. The van der Waals surface area contributed by atoms with E-state index in [1.54, 1.807) is 13.3 Å². The number of allylic oxidation sites excluding steroid dienone is 3. The number of ether oxygens (including phenoxy) is 1.